The predicted molar refractivity (Wildman–Crippen MR) is 121 cm³/mol. The van der Waals surface area contributed by atoms with Gasteiger partial charge in [0.15, 0.2) is 5.82 Å². The maximum Gasteiger partial charge on any atom is 0.256 e. The van der Waals surface area contributed by atoms with Crippen molar-refractivity contribution in [2.24, 2.45) is 0 Å². The smallest absolute Gasteiger partial charge is 0.256 e. The van der Waals surface area contributed by atoms with E-state index in [1.807, 2.05) is 44.2 Å². The third kappa shape index (κ3) is 4.86. The van der Waals surface area contributed by atoms with E-state index in [0.717, 1.165) is 39.3 Å². The first kappa shape index (κ1) is 20.9. The van der Waals surface area contributed by atoms with Crippen molar-refractivity contribution in [3.05, 3.63) is 57.6 Å². The van der Waals surface area contributed by atoms with Gasteiger partial charge in [-0.1, -0.05) is 30.3 Å². The molecule has 0 amide bonds. The monoisotopic (exact) mass is 444 g/mol. The van der Waals surface area contributed by atoms with Gasteiger partial charge in [-0.05, 0) is 31.1 Å². The highest BCUT2D eigenvalue weighted by atomic mass is 32.2. The first-order valence-corrected chi connectivity index (χ1v) is 12.1. The van der Waals surface area contributed by atoms with Gasteiger partial charge in [-0.3, -0.25) is 9.62 Å². The highest BCUT2D eigenvalue weighted by molar-refractivity contribution is 7.95. The van der Waals surface area contributed by atoms with Gasteiger partial charge in [-0.15, -0.1) is 11.3 Å². The summed E-state index contributed by atoms with van der Waals surface area (Å²) in [5, 5.41) is 1.94. The molecule has 1 N–H and O–H groups in total. The number of thiophene rings is 1. The van der Waals surface area contributed by atoms with Gasteiger partial charge in [0.2, 0.25) is 0 Å². The van der Waals surface area contributed by atoms with Crippen molar-refractivity contribution in [3.63, 3.8) is 0 Å². The molecular weight excluding hydrogens is 420 g/mol. The highest BCUT2D eigenvalue weighted by Gasteiger charge is 2.20. The second-order valence-electron chi connectivity index (χ2n) is 7.20. The average Bonchev–Trinajstić information content (AvgIpc) is 3.02. The molecule has 3 heterocycles. The highest BCUT2D eigenvalue weighted by Crippen LogP contribution is 2.34. The molecule has 1 fully saturated rings. The van der Waals surface area contributed by atoms with E-state index < -0.39 is 10.0 Å². The van der Waals surface area contributed by atoms with Crippen LogP contribution in [0.25, 0.3) is 16.3 Å². The molecule has 0 bridgehead atoms. The van der Waals surface area contributed by atoms with E-state index in [1.54, 1.807) is 17.4 Å². The minimum absolute atomic E-state index is 0.336. The summed E-state index contributed by atoms with van der Waals surface area (Å²) >= 11 is 1.56. The Labute approximate surface area is 180 Å². The average molecular weight is 445 g/mol. The molecule has 9 heteroatoms. The topological polar surface area (TPSA) is 84.4 Å². The quantitative estimate of drug-likeness (QED) is 0.626. The lowest BCUT2D eigenvalue weighted by Crippen LogP contribution is -2.36. The Morgan fingerprint density at radius 2 is 1.90 bits per heavy atom. The van der Waals surface area contributed by atoms with E-state index >= 15 is 0 Å². The van der Waals surface area contributed by atoms with Gasteiger partial charge in [0.1, 0.15) is 10.7 Å². The number of aromatic nitrogens is 2. The number of ether oxygens (including phenoxy) is 1. The van der Waals surface area contributed by atoms with Crippen molar-refractivity contribution in [2.75, 3.05) is 31.0 Å². The first-order valence-electron chi connectivity index (χ1n) is 9.74. The van der Waals surface area contributed by atoms with Crippen LogP contribution in [0.4, 0.5) is 5.82 Å². The van der Waals surface area contributed by atoms with Crippen LogP contribution in [0.15, 0.2) is 35.7 Å². The van der Waals surface area contributed by atoms with Crippen LogP contribution in [-0.4, -0.2) is 49.6 Å². The third-order valence-corrected chi connectivity index (χ3v) is 7.10. The number of aryl methyl sites for hydroxylation is 2. The molecule has 2 aromatic heterocycles. The number of nitrogens with one attached hydrogen (secondary N) is 1. The van der Waals surface area contributed by atoms with Crippen LogP contribution in [0.1, 0.15) is 21.8 Å². The summed E-state index contributed by atoms with van der Waals surface area (Å²) in [6, 6.07) is 9.31. The Bertz CT molecular complexity index is 1170. The minimum atomic E-state index is -3.73. The number of rotatable bonds is 6. The molecule has 1 aliphatic heterocycles. The van der Waals surface area contributed by atoms with Crippen LogP contribution >= 0.6 is 11.3 Å². The number of sulfonamides is 1. The Morgan fingerprint density at radius 1 is 1.17 bits per heavy atom. The van der Waals surface area contributed by atoms with Gasteiger partial charge in [0.25, 0.3) is 10.0 Å². The summed E-state index contributed by atoms with van der Waals surface area (Å²) < 4.78 is 33.6. The summed E-state index contributed by atoms with van der Waals surface area (Å²) in [6.45, 7) is 7.53. The van der Waals surface area contributed by atoms with Crippen molar-refractivity contribution < 1.29 is 13.2 Å². The lowest BCUT2D eigenvalue weighted by Gasteiger charge is -2.25. The van der Waals surface area contributed by atoms with Crippen LogP contribution in [0.5, 0.6) is 0 Å². The van der Waals surface area contributed by atoms with Crippen LogP contribution in [0.3, 0.4) is 0 Å². The summed E-state index contributed by atoms with van der Waals surface area (Å²) in [6.07, 6.45) is 1.57. The van der Waals surface area contributed by atoms with Gasteiger partial charge >= 0.3 is 0 Å². The molecule has 1 aromatic carbocycles. The zero-order chi connectivity index (χ0) is 21.1. The Kier molecular flexibility index (Phi) is 6.14. The third-order valence-electron chi connectivity index (χ3n) is 5.02. The van der Waals surface area contributed by atoms with E-state index in [9.17, 15) is 8.42 Å². The lowest BCUT2D eigenvalue weighted by molar-refractivity contribution is 0.0331. The maximum atomic E-state index is 12.8. The van der Waals surface area contributed by atoms with Crippen molar-refractivity contribution in [2.45, 2.75) is 20.4 Å². The fourth-order valence-corrected chi connectivity index (χ4v) is 5.17. The Balaban J connectivity index is 1.66. The minimum Gasteiger partial charge on any atom is -0.379 e. The molecule has 0 spiro atoms. The Hall–Kier alpha value is -2.33. The zero-order valence-corrected chi connectivity index (χ0v) is 18.6. The molecule has 158 valence electrons. The molecule has 0 unspecified atom stereocenters. The number of hydrogen-bond acceptors (Lipinski definition) is 7. The number of hydrogen-bond donors (Lipinski definition) is 1. The molecule has 4 rings (SSSR count). The fourth-order valence-electron chi connectivity index (χ4n) is 3.30. The van der Waals surface area contributed by atoms with E-state index in [2.05, 4.69) is 14.6 Å². The van der Waals surface area contributed by atoms with Gasteiger partial charge < -0.3 is 4.74 Å². The standard InChI is InChI=1S/C21H24N4O3S2/c1-15-16(2)29-21-19(15)20(22-18(23-21)14-25-9-11-28-12-10-25)24-30(26,27)13-8-17-6-4-3-5-7-17/h3-8,13H,9-12,14H2,1-2H3,(H,22,23,24). The summed E-state index contributed by atoms with van der Waals surface area (Å²) in [4.78, 5) is 13.4. The number of fused-ring (bicyclic) bond motifs is 1. The first-order chi connectivity index (χ1) is 14.4. The Morgan fingerprint density at radius 3 is 2.63 bits per heavy atom. The van der Waals surface area contributed by atoms with E-state index in [-0.39, 0.29) is 0 Å². The zero-order valence-electron chi connectivity index (χ0n) is 17.0. The molecule has 0 atom stereocenters. The maximum absolute atomic E-state index is 12.8. The van der Waals surface area contributed by atoms with Crippen LogP contribution in [-0.2, 0) is 21.3 Å². The summed E-state index contributed by atoms with van der Waals surface area (Å²) in [5.74, 6) is 0.943. The summed E-state index contributed by atoms with van der Waals surface area (Å²) in [7, 11) is -3.73. The number of nitrogens with zero attached hydrogens (tertiary/aromatic N) is 3. The van der Waals surface area contributed by atoms with Crippen molar-refractivity contribution >= 4 is 43.5 Å². The van der Waals surface area contributed by atoms with E-state index in [0.29, 0.717) is 31.4 Å². The van der Waals surface area contributed by atoms with Crippen LogP contribution in [0.2, 0.25) is 0 Å². The van der Waals surface area contributed by atoms with Gasteiger partial charge in [-0.25, -0.2) is 18.4 Å². The van der Waals surface area contributed by atoms with Crippen molar-refractivity contribution in [1.82, 2.24) is 14.9 Å². The largest absolute Gasteiger partial charge is 0.379 e. The SMILES string of the molecule is Cc1sc2nc(CN3CCOCC3)nc(NS(=O)(=O)C=Cc3ccccc3)c2c1C. The molecular formula is C21H24N4O3S2. The molecule has 0 radical (unpaired) electrons. The summed E-state index contributed by atoms with van der Waals surface area (Å²) in [5.41, 5.74) is 1.81. The normalized spacial score (nSPS) is 15.8. The number of morpholine rings is 1. The van der Waals surface area contributed by atoms with Crippen LogP contribution < -0.4 is 4.72 Å². The van der Waals surface area contributed by atoms with Crippen LogP contribution in [0, 0.1) is 13.8 Å². The molecule has 1 aliphatic rings. The van der Waals surface area contributed by atoms with Gasteiger partial charge in [0.05, 0.1) is 30.6 Å². The molecule has 1 saturated heterocycles. The molecule has 3 aromatic rings. The van der Waals surface area contributed by atoms with Crippen molar-refractivity contribution in [1.29, 1.82) is 0 Å². The predicted octanol–water partition coefficient (Wildman–Crippen LogP) is 3.55. The van der Waals surface area contributed by atoms with Crippen molar-refractivity contribution in [3.8, 4) is 0 Å². The van der Waals surface area contributed by atoms with E-state index in [4.69, 9.17) is 9.72 Å². The second kappa shape index (κ2) is 8.81. The van der Waals surface area contributed by atoms with Gasteiger partial charge in [-0.2, -0.15) is 0 Å². The molecule has 0 saturated carbocycles. The lowest BCUT2D eigenvalue weighted by atomic mass is 10.2. The second-order valence-corrected chi connectivity index (χ2v) is 9.97. The number of benzene rings is 1. The number of anilines is 1. The fraction of sp³-hybridized carbons (Fsp3) is 0.333. The molecule has 0 aliphatic carbocycles. The molecule has 30 heavy (non-hydrogen) atoms. The van der Waals surface area contributed by atoms with Gasteiger partial charge in [0, 0.05) is 18.0 Å². The van der Waals surface area contributed by atoms with E-state index in [1.165, 1.54) is 5.41 Å². The molecule has 7 nitrogen and oxygen atoms in total.